The number of hydrogen-bond acceptors (Lipinski definition) is 8. The fourth-order valence-electron chi connectivity index (χ4n) is 4.13. The molecular formula is C26H31N3O6. The quantitative estimate of drug-likeness (QED) is 0.404. The Morgan fingerprint density at radius 1 is 1.00 bits per heavy atom. The Bertz CT molecular complexity index is 1140. The molecule has 0 aliphatic carbocycles. The summed E-state index contributed by atoms with van der Waals surface area (Å²) in [6.07, 6.45) is 1.07. The predicted octanol–water partition coefficient (Wildman–Crippen LogP) is 4.11. The van der Waals surface area contributed by atoms with Crippen LogP contribution in [-0.2, 0) is 11.2 Å². The third kappa shape index (κ3) is 5.67. The molecule has 4 rings (SSSR count). The Balaban J connectivity index is 1.41. The molecule has 0 bridgehead atoms. The van der Waals surface area contributed by atoms with Crippen molar-refractivity contribution in [2.24, 2.45) is 0 Å². The lowest BCUT2D eigenvalue weighted by atomic mass is 10.1. The van der Waals surface area contributed by atoms with E-state index in [1.807, 2.05) is 36.9 Å². The highest BCUT2D eigenvalue weighted by Crippen LogP contribution is 2.32. The van der Waals surface area contributed by atoms with Crippen LogP contribution in [0.3, 0.4) is 0 Å². The molecule has 0 radical (unpaired) electrons. The van der Waals surface area contributed by atoms with Crippen LogP contribution in [0.2, 0.25) is 0 Å². The lowest BCUT2D eigenvalue weighted by Crippen LogP contribution is -2.27. The van der Waals surface area contributed by atoms with Crippen molar-refractivity contribution in [3.8, 4) is 34.5 Å². The number of likely N-dealkylation sites (tertiary alicyclic amines) is 1. The molecule has 1 fully saturated rings. The molecule has 1 aliphatic heterocycles. The van der Waals surface area contributed by atoms with Gasteiger partial charge in [0.2, 0.25) is 5.91 Å². The number of carbonyl (C=O) groups is 1. The van der Waals surface area contributed by atoms with Gasteiger partial charge >= 0.3 is 0 Å². The van der Waals surface area contributed by atoms with Gasteiger partial charge in [-0.15, -0.1) is 0 Å². The summed E-state index contributed by atoms with van der Waals surface area (Å²) in [4.78, 5) is 19.1. The number of nitrogens with zero attached hydrogens (tertiary/aromatic N) is 3. The van der Waals surface area contributed by atoms with Crippen LogP contribution in [0, 0.1) is 0 Å². The zero-order chi connectivity index (χ0) is 24.8. The average Bonchev–Trinajstić information content (AvgIpc) is 3.51. The molecule has 3 aromatic rings. The van der Waals surface area contributed by atoms with E-state index in [1.54, 1.807) is 32.4 Å². The summed E-state index contributed by atoms with van der Waals surface area (Å²) in [5.41, 5.74) is 1.78. The predicted molar refractivity (Wildman–Crippen MR) is 129 cm³/mol. The second kappa shape index (κ2) is 11.1. The summed E-state index contributed by atoms with van der Waals surface area (Å²) in [6, 6.07) is 11.3. The van der Waals surface area contributed by atoms with Gasteiger partial charge in [0.15, 0.2) is 17.3 Å². The van der Waals surface area contributed by atoms with Crippen LogP contribution in [-0.4, -0.2) is 61.5 Å². The van der Waals surface area contributed by atoms with Crippen molar-refractivity contribution in [2.75, 3.05) is 40.5 Å². The lowest BCUT2D eigenvalue weighted by Gasteiger charge is -2.17. The molecule has 2 heterocycles. The number of methoxy groups -OCH3 is 2. The number of amides is 1. The van der Waals surface area contributed by atoms with Crippen molar-refractivity contribution in [3.05, 3.63) is 47.8 Å². The van der Waals surface area contributed by atoms with Crippen LogP contribution >= 0.6 is 0 Å². The molecule has 35 heavy (non-hydrogen) atoms. The van der Waals surface area contributed by atoms with Gasteiger partial charge in [-0.05, 0) is 50.1 Å². The first-order valence-electron chi connectivity index (χ1n) is 11.8. The third-order valence-electron chi connectivity index (χ3n) is 5.90. The first kappa shape index (κ1) is 24.4. The fraction of sp³-hybridized carbons (Fsp3) is 0.423. The topological polar surface area (TPSA) is 96.2 Å². The second-order valence-corrected chi connectivity index (χ2v) is 8.20. The highest BCUT2D eigenvalue weighted by molar-refractivity contribution is 5.79. The minimum Gasteiger partial charge on any atom is -0.497 e. The van der Waals surface area contributed by atoms with Crippen LogP contribution in [0.5, 0.6) is 23.0 Å². The normalized spacial score (nSPS) is 15.4. The summed E-state index contributed by atoms with van der Waals surface area (Å²) in [6.45, 7) is 6.18. The van der Waals surface area contributed by atoms with Crippen molar-refractivity contribution in [1.29, 1.82) is 0 Å². The highest BCUT2D eigenvalue weighted by atomic mass is 16.5. The monoisotopic (exact) mass is 481 g/mol. The molecule has 0 N–H and O–H groups in total. The number of hydrogen-bond donors (Lipinski definition) is 0. The van der Waals surface area contributed by atoms with E-state index in [9.17, 15) is 4.79 Å². The van der Waals surface area contributed by atoms with E-state index in [2.05, 4.69) is 10.1 Å². The zero-order valence-electron chi connectivity index (χ0n) is 20.6. The van der Waals surface area contributed by atoms with Gasteiger partial charge in [0.05, 0.1) is 27.4 Å². The Morgan fingerprint density at radius 2 is 1.71 bits per heavy atom. The third-order valence-corrected chi connectivity index (χ3v) is 5.90. The van der Waals surface area contributed by atoms with Crippen molar-refractivity contribution in [2.45, 2.75) is 32.6 Å². The maximum absolute atomic E-state index is 12.7. The summed E-state index contributed by atoms with van der Waals surface area (Å²) in [5, 5.41) is 4.15. The van der Waals surface area contributed by atoms with Crippen molar-refractivity contribution >= 4 is 5.91 Å². The van der Waals surface area contributed by atoms with Crippen LogP contribution in [0.25, 0.3) is 11.5 Å². The summed E-state index contributed by atoms with van der Waals surface area (Å²) < 4.78 is 27.5. The molecule has 1 amide bonds. The van der Waals surface area contributed by atoms with Gasteiger partial charge in [-0.25, -0.2) is 0 Å². The molecule has 186 valence electrons. The number of ether oxygens (including phenoxy) is 4. The maximum atomic E-state index is 12.7. The second-order valence-electron chi connectivity index (χ2n) is 8.20. The summed E-state index contributed by atoms with van der Waals surface area (Å²) in [7, 11) is 3.17. The zero-order valence-corrected chi connectivity index (χ0v) is 20.6. The van der Waals surface area contributed by atoms with Crippen LogP contribution in [0.1, 0.15) is 37.6 Å². The molecule has 1 unspecified atom stereocenters. The molecule has 0 spiro atoms. The Morgan fingerprint density at radius 3 is 2.40 bits per heavy atom. The van der Waals surface area contributed by atoms with Crippen LogP contribution in [0.15, 0.2) is 40.9 Å². The molecule has 9 heteroatoms. The number of benzene rings is 2. The molecule has 1 aliphatic rings. The van der Waals surface area contributed by atoms with E-state index < -0.39 is 0 Å². The van der Waals surface area contributed by atoms with Gasteiger partial charge in [-0.2, -0.15) is 4.98 Å². The maximum Gasteiger partial charge on any atom is 0.258 e. The van der Waals surface area contributed by atoms with E-state index in [4.69, 9.17) is 23.5 Å². The number of carbonyl (C=O) groups excluding carboxylic acids is 1. The molecule has 1 saturated heterocycles. The number of rotatable bonds is 11. The summed E-state index contributed by atoms with van der Waals surface area (Å²) >= 11 is 0. The van der Waals surface area contributed by atoms with Crippen LogP contribution in [0.4, 0.5) is 0 Å². The average molecular weight is 482 g/mol. The van der Waals surface area contributed by atoms with E-state index in [1.165, 1.54) is 0 Å². The SMILES string of the molecule is CCOc1ccc(CCN2CC(c3noc(-c4cc(OC)cc(OC)c4)n3)CC2=O)cc1OCC. The Kier molecular flexibility index (Phi) is 7.74. The van der Waals surface area contributed by atoms with Gasteiger partial charge in [0.1, 0.15) is 11.5 Å². The minimum absolute atomic E-state index is 0.0837. The van der Waals surface area contributed by atoms with Crippen molar-refractivity contribution in [1.82, 2.24) is 15.0 Å². The van der Waals surface area contributed by atoms with E-state index in [-0.39, 0.29) is 11.8 Å². The van der Waals surface area contributed by atoms with Crippen molar-refractivity contribution in [3.63, 3.8) is 0 Å². The lowest BCUT2D eigenvalue weighted by molar-refractivity contribution is -0.127. The Hall–Kier alpha value is -3.75. The highest BCUT2D eigenvalue weighted by Gasteiger charge is 2.33. The molecule has 1 atom stereocenters. The minimum atomic E-state index is -0.119. The molecule has 2 aromatic carbocycles. The first-order valence-corrected chi connectivity index (χ1v) is 11.8. The number of aromatic nitrogens is 2. The van der Waals surface area contributed by atoms with Gasteiger partial charge in [0, 0.05) is 37.1 Å². The molecular weight excluding hydrogens is 450 g/mol. The van der Waals surface area contributed by atoms with Gasteiger partial charge in [0.25, 0.3) is 5.89 Å². The summed E-state index contributed by atoms with van der Waals surface area (Å²) in [5.74, 6) is 3.57. The van der Waals surface area contributed by atoms with Crippen molar-refractivity contribution < 1.29 is 28.3 Å². The smallest absolute Gasteiger partial charge is 0.258 e. The molecule has 9 nitrogen and oxygen atoms in total. The standard InChI is InChI=1S/C26H31N3O6/c1-5-33-22-8-7-17(11-23(22)34-6-2)9-10-29-16-19(14-24(29)30)25-27-26(35-28-25)18-12-20(31-3)15-21(13-18)32-4/h7-8,11-13,15,19H,5-6,9-10,14,16H2,1-4H3. The van der Waals surface area contributed by atoms with E-state index in [0.717, 1.165) is 17.1 Å². The largest absolute Gasteiger partial charge is 0.497 e. The molecule has 1 aromatic heterocycles. The van der Waals surface area contributed by atoms with E-state index >= 15 is 0 Å². The van der Waals surface area contributed by atoms with Gasteiger partial charge < -0.3 is 28.4 Å². The van der Waals surface area contributed by atoms with Gasteiger partial charge in [-0.1, -0.05) is 11.2 Å². The van der Waals surface area contributed by atoms with Gasteiger partial charge in [-0.3, -0.25) is 4.79 Å². The van der Waals surface area contributed by atoms with Crippen LogP contribution < -0.4 is 18.9 Å². The van der Waals surface area contributed by atoms with E-state index in [0.29, 0.717) is 67.9 Å². The Labute approximate surface area is 204 Å². The molecule has 0 saturated carbocycles. The fourth-order valence-corrected chi connectivity index (χ4v) is 4.13. The first-order chi connectivity index (χ1) is 17.0.